The van der Waals surface area contributed by atoms with E-state index in [9.17, 15) is 9.18 Å². The van der Waals surface area contributed by atoms with Crippen LogP contribution in [0.2, 0.25) is 0 Å². The van der Waals surface area contributed by atoms with Crippen LogP contribution in [-0.2, 0) is 0 Å². The smallest absolute Gasteiger partial charge is 0.162 e. The highest BCUT2D eigenvalue weighted by Crippen LogP contribution is 2.20. The third-order valence-corrected chi connectivity index (χ3v) is 4.06. The molecule has 0 radical (unpaired) electrons. The molecule has 0 fully saturated rings. The average molecular weight is 318 g/mol. The molecule has 0 aliphatic rings. The van der Waals surface area contributed by atoms with Crippen LogP contribution in [0, 0.1) is 5.82 Å². The van der Waals surface area contributed by atoms with Crippen molar-refractivity contribution in [2.45, 2.75) is 24.7 Å². The van der Waals surface area contributed by atoms with Crippen molar-refractivity contribution in [3.8, 4) is 5.75 Å². The van der Waals surface area contributed by atoms with E-state index in [0.29, 0.717) is 18.8 Å². The highest BCUT2D eigenvalue weighted by Gasteiger charge is 2.04. The fourth-order valence-corrected chi connectivity index (χ4v) is 2.69. The topological polar surface area (TPSA) is 26.3 Å². The van der Waals surface area contributed by atoms with Crippen LogP contribution in [0.3, 0.4) is 0 Å². The van der Waals surface area contributed by atoms with E-state index in [4.69, 9.17) is 4.74 Å². The zero-order valence-corrected chi connectivity index (χ0v) is 13.4. The van der Waals surface area contributed by atoms with E-state index in [2.05, 4.69) is 0 Å². The number of benzene rings is 2. The van der Waals surface area contributed by atoms with Crippen molar-refractivity contribution in [1.82, 2.24) is 0 Å². The van der Waals surface area contributed by atoms with Crippen LogP contribution in [0.25, 0.3) is 0 Å². The van der Waals surface area contributed by atoms with E-state index in [-0.39, 0.29) is 11.6 Å². The van der Waals surface area contributed by atoms with Gasteiger partial charge in [-0.15, -0.1) is 11.8 Å². The molecule has 4 heteroatoms. The van der Waals surface area contributed by atoms with Crippen LogP contribution >= 0.6 is 11.8 Å². The number of hydrogen-bond donors (Lipinski definition) is 0. The molecule has 2 nitrogen and oxygen atoms in total. The van der Waals surface area contributed by atoms with Gasteiger partial charge in [-0.05, 0) is 42.8 Å². The van der Waals surface area contributed by atoms with Gasteiger partial charge in [0.05, 0.1) is 6.61 Å². The quantitative estimate of drug-likeness (QED) is 0.390. The number of carbonyl (C=O) groups is 1. The largest absolute Gasteiger partial charge is 0.493 e. The van der Waals surface area contributed by atoms with Gasteiger partial charge in [-0.1, -0.05) is 19.1 Å². The highest BCUT2D eigenvalue weighted by molar-refractivity contribution is 7.99. The second-order valence-electron chi connectivity index (χ2n) is 4.85. The van der Waals surface area contributed by atoms with Crippen LogP contribution in [0.4, 0.5) is 4.39 Å². The summed E-state index contributed by atoms with van der Waals surface area (Å²) in [7, 11) is 0. The first-order valence-corrected chi connectivity index (χ1v) is 8.32. The Morgan fingerprint density at radius 1 is 1.09 bits per heavy atom. The predicted molar refractivity (Wildman–Crippen MR) is 88.3 cm³/mol. The maximum atomic E-state index is 12.8. The molecule has 2 rings (SSSR count). The highest BCUT2D eigenvalue weighted by atomic mass is 32.2. The number of ether oxygens (including phenoxy) is 1. The van der Waals surface area contributed by atoms with Gasteiger partial charge in [0, 0.05) is 22.6 Å². The summed E-state index contributed by atoms with van der Waals surface area (Å²) in [6.45, 7) is 2.55. The van der Waals surface area contributed by atoms with Crippen LogP contribution in [0.15, 0.2) is 53.4 Å². The van der Waals surface area contributed by atoms with Gasteiger partial charge in [-0.2, -0.15) is 0 Å². The molecule has 2 aromatic carbocycles. The molecule has 116 valence electrons. The van der Waals surface area contributed by atoms with Crippen molar-refractivity contribution in [1.29, 1.82) is 0 Å². The van der Waals surface area contributed by atoms with Crippen LogP contribution in [0.5, 0.6) is 5.75 Å². The van der Waals surface area contributed by atoms with Crippen LogP contribution in [0.1, 0.15) is 30.1 Å². The molecule has 0 saturated carbocycles. The van der Waals surface area contributed by atoms with E-state index < -0.39 is 0 Å². The van der Waals surface area contributed by atoms with Crippen LogP contribution in [-0.4, -0.2) is 18.1 Å². The van der Waals surface area contributed by atoms with Gasteiger partial charge in [0.25, 0.3) is 0 Å². The molecule has 0 N–H and O–H groups in total. The van der Waals surface area contributed by atoms with Crippen molar-refractivity contribution in [3.63, 3.8) is 0 Å². The number of halogens is 1. The van der Waals surface area contributed by atoms with Gasteiger partial charge in [0.15, 0.2) is 5.78 Å². The second kappa shape index (κ2) is 8.59. The van der Waals surface area contributed by atoms with Gasteiger partial charge < -0.3 is 4.74 Å². The molecule has 0 unspecified atom stereocenters. The van der Waals surface area contributed by atoms with E-state index in [0.717, 1.165) is 22.6 Å². The summed E-state index contributed by atoms with van der Waals surface area (Å²) in [4.78, 5) is 12.9. The number of thioether (sulfide) groups is 1. The van der Waals surface area contributed by atoms with E-state index in [1.54, 1.807) is 23.9 Å². The lowest BCUT2D eigenvalue weighted by molar-refractivity contribution is 0.0981. The monoisotopic (exact) mass is 318 g/mol. The van der Waals surface area contributed by atoms with Gasteiger partial charge in [-0.25, -0.2) is 4.39 Å². The Labute approximate surface area is 134 Å². The standard InChI is InChI=1S/C18H19FO2S/c1-2-3-18(20)14-4-10-17(11-5-14)22-13-12-21-16-8-6-15(19)7-9-16/h4-11H,2-3,12-13H2,1H3. The first-order valence-electron chi connectivity index (χ1n) is 7.33. The molecule has 0 amide bonds. The zero-order chi connectivity index (χ0) is 15.8. The maximum absolute atomic E-state index is 12.8. The fourth-order valence-electron chi connectivity index (χ4n) is 1.96. The minimum Gasteiger partial charge on any atom is -0.493 e. The summed E-state index contributed by atoms with van der Waals surface area (Å²) in [5.41, 5.74) is 0.772. The van der Waals surface area contributed by atoms with Gasteiger partial charge >= 0.3 is 0 Å². The number of rotatable bonds is 8. The number of Topliss-reactive ketones (excluding diaryl/α,β-unsaturated/α-hetero) is 1. The normalized spacial score (nSPS) is 10.5. The SMILES string of the molecule is CCCC(=O)c1ccc(SCCOc2ccc(F)cc2)cc1. The lowest BCUT2D eigenvalue weighted by Gasteiger charge is -2.06. The van der Waals surface area contributed by atoms with E-state index in [1.165, 1.54) is 12.1 Å². The third kappa shape index (κ3) is 5.19. The molecule has 0 aliphatic heterocycles. The summed E-state index contributed by atoms with van der Waals surface area (Å²) in [5, 5.41) is 0. The second-order valence-corrected chi connectivity index (χ2v) is 6.02. The van der Waals surface area contributed by atoms with E-state index >= 15 is 0 Å². The van der Waals surface area contributed by atoms with Crippen molar-refractivity contribution < 1.29 is 13.9 Å². The van der Waals surface area contributed by atoms with Crippen molar-refractivity contribution >= 4 is 17.5 Å². The van der Waals surface area contributed by atoms with Crippen molar-refractivity contribution in [3.05, 3.63) is 59.9 Å². The number of hydrogen-bond acceptors (Lipinski definition) is 3. The average Bonchev–Trinajstić information content (AvgIpc) is 2.54. The molecule has 0 saturated heterocycles. The molecule has 2 aromatic rings. The molecule has 0 aliphatic carbocycles. The van der Waals surface area contributed by atoms with Gasteiger partial charge in [0.1, 0.15) is 11.6 Å². The summed E-state index contributed by atoms with van der Waals surface area (Å²) < 4.78 is 18.3. The Balaban J connectivity index is 1.75. The molecular weight excluding hydrogens is 299 g/mol. The number of ketones is 1. The summed E-state index contributed by atoms with van der Waals surface area (Å²) >= 11 is 1.67. The van der Waals surface area contributed by atoms with Crippen molar-refractivity contribution in [2.24, 2.45) is 0 Å². The molecule has 22 heavy (non-hydrogen) atoms. The number of carbonyl (C=O) groups excluding carboxylic acids is 1. The Kier molecular flexibility index (Phi) is 6.46. The predicted octanol–water partition coefficient (Wildman–Crippen LogP) is 4.98. The van der Waals surface area contributed by atoms with E-state index in [1.807, 2.05) is 31.2 Å². The van der Waals surface area contributed by atoms with Gasteiger partial charge in [-0.3, -0.25) is 4.79 Å². The minimum absolute atomic E-state index is 0.193. The van der Waals surface area contributed by atoms with Gasteiger partial charge in [0.2, 0.25) is 0 Å². The summed E-state index contributed by atoms with van der Waals surface area (Å²) in [5.74, 6) is 1.39. The molecule has 0 bridgehead atoms. The first kappa shape index (κ1) is 16.6. The molecule has 0 spiro atoms. The summed E-state index contributed by atoms with van der Waals surface area (Å²) in [6.07, 6.45) is 1.47. The van der Waals surface area contributed by atoms with Crippen LogP contribution < -0.4 is 4.74 Å². The lowest BCUT2D eigenvalue weighted by atomic mass is 10.1. The molecule has 0 aromatic heterocycles. The molecular formula is C18H19FO2S. The minimum atomic E-state index is -0.264. The Morgan fingerprint density at radius 2 is 1.77 bits per heavy atom. The Morgan fingerprint density at radius 3 is 2.41 bits per heavy atom. The Bertz CT molecular complexity index is 593. The summed E-state index contributed by atoms with van der Waals surface area (Å²) in [6, 6.07) is 13.7. The molecule has 0 heterocycles. The Hall–Kier alpha value is -1.81. The molecule has 0 atom stereocenters. The fraction of sp³-hybridized carbons (Fsp3) is 0.278. The lowest BCUT2D eigenvalue weighted by Crippen LogP contribution is -2.00. The first-order chi connectivity index (χ1) is 10.7. The zero-order valence-electron chi connectivity index (χ0n) is 12.5. The maximum Gasteiger partial charge on any atom is 0.162 e. The van der Waals surface area contributed by atoms with Crippen molar-refractivity contribution in [2.75, 3.05) is 12.4 Å². The third-order valence-electron chi connectivity index (χ3n) is 3.09.